The van der Waals surface area contributed by atoms with Gasteiger partial charge in [-0.2, -0.15) is 0 Å². The molecule has 140 valence electrons. The van der Waals surface area contributed by atoms with Gasteiger partial charge < -0.3 is 0 Å². The van der Waals surface area contributed by atoms with Crippen LogP contribution >= 0.6 is 11.3 Å². The summed E-state index contributed by atoms with van der Waals surface area (Å²) in [5.74, 6) is 0.115. The number of carbonyl (C=O) groups excluding carboxylic acids is 1. The highest BCUT2D eigenvalue weighted by Gasteiger charge is 2.19. The van der Waals surface area contributed by atoms with Crippen LogP contribution in [0.3, 0.4) is 0 Å². The molecule has 8 heteroatoms. The SMILES string of the molecule is Cc1csc(NC(=O)c2ccc(S(=O)(=O)NCC3CCCCC3)cc2)n1. The van der Waals surface area contributed by atoms with Crippen molar-refractivity contribution in [2.75, 3.05) is 11.9 Å². The van der Waals surface area contributed by atoms with E-state index in [0.717, 1.165) is 18.5 Å². The molecular weight excluding hydrogens is 370 g/mol. The Morgan fingerprint density at radius 3 is 2.50 bits per heavy atom. The molecule has 0 radical (unpaired) electrons. The number of thiazole rings is 1. The van der Waals surface area contributed by atoms with Crippen molar-refractivity contribution < 1.29 is 13.2 Å². The Hall–Kier alpha value is -1.77. The molecule has 3 rings (SSSR count). The molecule has 1 aliphatic carbocycles. The number of hydrogen-bond acceptors (Lipinski definition) is 5. The number of benzene rings is 1. The molecule has 1 aliphatic rings. The summed E-state index contributed by atoms with van der Waals surface area (Å²) in [5.41, 5.74) is 1.24. The number of aryl methyl sites for hydroxylation is 1. The molecule has 2 N–H and O–H groups in total. The number of sulfonamides is 1. The molecule has 0 aliphatic heterocycles. The number of carbonyl (C=O) groups is 1. The fraction of sp³-hybridized carbons (Fsp3) is 0.444. The van der Waals surface area contributed by atoms with Gasteiger partial charge in [-0.15, -0.1) is 11.3 Å². The lowest BCUT2D eigenvalue weighted by Gasteiger charge is -2.21. The van der Waals surface area contributed by atoms with Crippen LogP contribution in [0.25, 0.3) is 0 Å². The van der Waals surface area contributed by atoms with Gasteiger partial charge in [0, 0.05) is 17.5 Å². The molecule has 0 spiro atoms. The van der Waals surface area contributed by atoms with Gasteiger partial charge >= 0.3 is 0 Å². The second kappa shape index (κ2) is 8.28. The van der Waals surface area contributed by atoms with E-state index in [1.165, 1.54) is 54.9 Å². The summed E-state index contributed by atoms with van der Waals surface area (Å²) >= 11 is 1.35. The average molecular weight is 394 g/mol. The van der Waals surface area contributed by atoms with Crippen LogP contribution in [0.4, 0.5) is 5.13 Å². The van der Waals surface area contributed by atoms with Gasteiger partial charge in [0.1, 0.15) is 0 Å². The van der Waals surface area contributed by atoms with Gasteiger partial charge in [-0.25, -0.2) is 18.1 Å². The second-order valence-electron chi connectivity index (χ2n) is 6.63. The predicted octanol–water partition coefficient (Wildman–Crippen LogP) is 3.56. The molecule has 26 heavy (non-hydrogen) atoms. The normalized spacial score (nSPS) is 15.7. The molecule has 0 atom stereocenters. The number of anilines is 1. The van der Waals surface area contributed by atoms with Gasteiger partial charge in [-0.3, -0.25) is 10.1 Å². The molecule has 1 saturated carbocycles. The summed E-state index contributed by atoms with van der Waals surface area (Å²) in [7, 11) is -3.55. The number of aromatic nitrogens is 1. The van der Waals surface area contributed by atoms with Crippen LogP contribution in [-0.2, 0) is 10.0 Å². The fourth-order valence-corrected chi connectivity index (χ4v) is 4.87. The van der Waals surface area contributed by atoms with Gasteiger partial charge in [-0.05, 0) is 49.9 Å². The first kappa shape index (κ1) is 19.0. The van der Waals surface area contributed by atoms with E-state index in [9.17, 15) is 13.2 Å². The van der Waals surface area contributed by atoms with Crippen LogP contribution in [0.1, 0.15) is 48.2 Å². The Morgan fingerprint density at radius 2 is 1.88 bits per heavy atom. The quantitative estimate of drug-likeness (QED) is 0.785. The van der Waals surface area contributed by atoms with Crippen LogP contribution in [-0.4, -0.2) is 25.9 Å². The number of nitrogens with zero attached hydrogens (tertiary/aromatic N) is 1. The first-order valence-electron chi connectivity index (χ1n) is 8.77. The van der Waals surface area contributed by atoms with Gasteiger partial charge in [-0.1, -0.05) is 19.3 Å². The summed E-state index contributed by atoms with van der Waals surface area (Å²) in [6, 6.07) is 5.96. The molecule has 2 aromatic rings. The summed E-state index contributed by atoms with van der Waals surface area (Å²) in [4.78, 5) is 16.6. The lowest BCUT2D eigenvalue weighted by Crippen LogP contribution is -2.30. The largest absolute Gasteiger partial charge is 0.298 e. The van der Waals surface area contributed by atoms with Crippen LogP contribution in [0.15, 0.2) is 34.5 Å². The van der Waals surface area contributed by atoms with Crippen LogP contribution in [0.5, 0.6) is 0 Å². The molecule has 1 amide bonds. The first-order valence-corrected chi connectivity index (χ1v) is 11.1. The predicted molar refractivity (Wildman–Crippen MR) is 103 cm³/mol. The van der Waals surface area contributed by atoms with Crippen LogP contribution < -0.4 is 10.0 Å². The van der Waals surface area contributed by atoms with Crippen molar-refractivity contribution >= 4 is 32.4 Å². The van der Waals surface area contributed by atoms with E-state index in [2.05, 4.69) is 15.0 Å². The van der Waals surface area contributed by atoms with E-state index >= 15 is 0 Å². The molecule has 0 saturated heterocycles. The van der Waals surface area contributed by atoms with Crippen LogP contribution in [0, 0.1) is 12.8 Å². The number of hydrogen-bond donors (Lipinski definition) is 2. The summed E-state index contributed by atoms with van der Waals surface area (Å²) in [6.07, 6.45) is 5.76. The molecule has 1 fully saturated rings. The van der Waals surface area contributed by atoms with Gasteiger partial charge in [0.25, 0.3) is 5.91 Å². The van der Waals surface area contributed by atoms with Crippen molar-refractivity contribution in [2.45, 2.75) is 43.9 Å². The summed E-state index contributed by atoms with van der Waals surface area (Å²) in [5, 5.41) is 5.09. The van der Waals surface area contributed by atoms with Crippen molar-refractivity contribution in [1.29, 1.82) is 0 Å². The highest BCUT2D eigenvalue weighted by molar-refractivity contribution is 7.89. The van der Waals surface area contributed by atoms with Crippen molar-refractivity contribution in [2.24, 2.45) is 5.92 Å². The zero-order chi connectivity index (χ0) is 18.6. The van der Waals surface area contributed by atoms with Gasteiger partial charge in [0.2, 0.25) is 10.0 Å². The Kier molecular flexibility index (Phi) is 6.05. The molecule has 0 unspecified atom stereocenters. The second-order valence-corrected chi connectivity index (χ2v) is 9.25. The number of nitrogens with one attached hydrogen (secondary N) is 2. The zero-order valence-corrected chi connectivity index (χ0v) is 16.3. The van der Waals surface area contributed by atoms with E-state index in [-0.39, 0.29) is 10.8 Å². The smallest absolute Gasteiger partial charge is 0.257 e. The third kappa shape index (κ3) is 4.90. The topological polar surface area (TPSA) is 88.2 Å². The Balaban J connectivity index is 1.61. The van der Waals surface area contributed by atoms with Crippen molar-refractivity contribution in [3.05, 3.63) is 40.9 Å². The first-order chi connectivity index (χ1) is 12.4. The molecule has 1 heterocycles. The molecular formula is C18H23N3O3S2. The minimum Gasteiger partial charge on any atom is -0.298 e. The minimum absolute atomic E-state index is 0.176. The summed E-state index contributed by atoms with van der Waals surface area (Å²) < 4.78 is 27.6. The van der Waals surface area contributed by atoms with Gasteiger partial charge in [0.15, 0.2) is 5.13 Å². The fourth-order valence-electron chi connectivity index (χ4n) is 3.07. The van der Waals surface area contributed by atoms with Crippen molar-refractivity contribution in [3.8, 4) is 0 Å². The Bertz CT molecular complexity index is 854. The highest BCUT2D eigenvalue weighted by atomic mass is 32.2. The lowest BCUT2D eigenvalue weighted by atomic mass is 9.90. The molecule has 1 aromatic carbocycles. The van der Waals surface area contributed by atoms with E-state index in [4.69, 9.17) is 0 Å². The number of rotatable bonds is 6. The maximum absolute atomic E-state index is 12.4. The average Bonchev–Trinajstić information content (AvgIpc) is 3.06. The standard InChI is InChI=1S/C18H23N3O3S2/c1-13-12-25-18(20-13)21-17(22)15-7-9-16(10-8-15)26(23,24)19-11-14-5-3-2-4-6-14/h7-10,12,14,19H,2-6,11H2,1H3,(H,20,21,22). The lowest BCUT2D eigenvalue weighted by molar-refractivity contribution is 0.102. The molecule has 1 aromatic heterocycles. The Morgan fingerprint density at radius 1 is 1.19 bits per heavy atom. The van der Waals surface area contributed by atoms with Crippen molar-refractivity contribution in [3.63, 3.8) is 0 Å². The third-order valence-electron chi connectivity index (χ3n) is 4.55. The van der Waals surface area contributed by atoms with E-state index in [0.29, 0.717) is 23.2 Å². The maximum atomic E-state index is 12.4. The monoisotopic (exact) mass is 393 g/mol. The van der Waals surface area contributed by atoms with Crippen molar-refractivity contribution in [1.82, 2.24) is 9.71 Å². The highest BCUT2D eigenvalue weighted by Crippen LogP contribution is 2.23. The Labute approximate surface area is 158 Å². The zero-order valence-electron chi connectivity index (χ0n) is 14.7. The maximum Gasteiger partial charge on any atom is 0.257 e. The number of amides is 1. The molecule has 6 nitrogen and oxygen atoms in total. The van der Waals surface area contributed by atoms with E-state index in [1.807, 2.05) is 12.3 Å². The van der Waals surface area contributed by atoms with E-state index < -0.39 is 10.0 Å². The van der Waals surface area contributed by atoms with Gasteiger partial charge in [0.05, 0.1) is 10.6 Å². The van der Waals surface area contributed by atoms with E-state index in [1.54, 1.807) is 0 Å². The molecule has 0 bridgehead atoms. The minimum atomic E-state index is -3.55. The third-order valence-corrected chi connectivity index (χ3v) is 6.87. The summed E-state index contributed by atoms with van der Waals surface area (Å²) in [6.45, 7) is 2.33. The van der Waals surface area contributed by atoms with Crippen LogP contribution in [0.2, 0.25) is 0 Å².